The van der Waals surface area contributed by atoms with Crippen molar-refractivity contribution in [3.05, 3.63) is 41.2 Å². The van der Waals surface area contributed by atoms with Crippen molar-refractivity contribution in [2.45, 2.75) is 13.5 Å². The number of aryl methyl sites for hydroxylation is 1. The molecule has 1 heterocycles. The van der Waals surface area contributed by atoms with Crippen LogP contribution >= 0.6 is 0 Å². The number of hydrogen-bond donors (Lipinski definition) is 1. The van der Waals surface area contributed by atoms with Crippen LogP contribution < -0.4 is 4.74 Å². The minimum atomic E-state index is -0.961. The van der Waals surface area contributed by atoms with Gasteiger partial charge in [0.15, 0.2) is 0 Å². The second-order valence-corrected chi connectivity index (χ2v) is 3.91. The van der Waals surface area contributed by atoms with Gasteiger partial charge in [0, 0.05) is 12.6 Å². The van der Waals surface area contributed by atoms with Gasteiger partial charge in [-0.3, -0.25) is 4.68 Å². The van der Waals surface area contributed by atoms with E-state index in [9.17, 15) is 4.79 Å². The molecule has 0 amide bonds. The number of nitrogens with zero attached hydrogens (tertiary/aromatic N) is 3. The summed E-state index contributed by atoms with van der Waals surface area (Å²) in [4.78, 5) is 11.0. The van der Waals surface area contributed by atoms with E-state index in [-0.39, 0.29) is 12.2 Å². The maximum absolute atomic E-state index is 11.0. The van der Waals surface area contributed by atoms with E-state index in [4.69, 9.17) is 9.84 Å². The van der Waals surface area contributed by atoms with E-state index in [2.05, 4.69) is 10.3 Å². The van der Waals surface area contributed by atoms with E-state index in [1.54, 1.807) is 43.0 Å². The normalized spacial score (nSPS) is 10.3. The molecule has 2 rings (SSSR count). The predicted octanol–water partition coefficient (Wildman–Crippen LogP) is 1.40. The number of ether oxygens (including phenoxy) is 1. The molecule has 1 N–H and O–H groups in total. The lowest BCUT2D eigenvalue weighted by Gasteiger charge is -2.09. The van der Waals surface area contributed by atoms with Gasteiger partial charge in [-0.2, -0.15) is 0 Å². The van der Waals surface area contributed by atoms with Gasteiger partial charge >= 0.3 is 5.97 Å². The Morgan fingerprint density at radius 1 is 1.50 bits per heavy atom. The van der Waals surface area contributed by atoms with Crippen molar-refractivity contribution in [3.63, 3.8) is 0 Å². The first-order valence-corrected chi connectivity index (χ1v) is 5.39. The Morgan fingerprint density at radius 3 is 2.89 bits per heavy atom. The molecule has 0 bridgehead atoms. The molecule has 0 saturated carbocycles. The van der Waals surface area contributed by atoms with E-state index >= 15 is 0 Å². The number of aromatic nitrogens is 3. The highest BCUT2D eigenvalue weighted by atomic mass is 16.5. The van der Waals surface area contributed by atoms with Crippen molar-refractivity contribution in [2.24, 2.45) is 7.05 Å². The molecule has 1 aromatic heterocycles. The summed E-state index contributed by atoms with van der Waals surface area (Å²) < 4.78 is 7.13. The van der Waals surface area contributed by atoms with E-state index < -0.39 is 5.97 Å². The Labute approximate surface area is 104 Å². The zero-order valence-electron chi connectivity index (χ0n) is 10.1. The third-order valence-corrected chi connectivity index (χ3v) is 2.54. The zero-order valence-corrected chi connectivity index (χ0v) is 10.1. The molecule has 6 nitrogen and oxygen atoms in total. The highest BCUT2D eigenvalue weighted by Gasteiger charge is 2.11. The first-order valence-electron chi connectivity index (χ1n) is 5.39. The fraction of sp³-hybridized carbons (Fsp3) is 0.250. The number of carbonyl (C=O) groups is 1. The molecule has 0 radical (unpaired) electrons. The Morgan fingerprint density at radius 2 is 2.28 bits per heavy atom. The van der Waals surface area contributed by atoms with Gasteiger partial charge in [-0.15, -0.1) is 5.10 Å². The minimum absolute atomic E-state index is 0.242. The molecular formula is C12H13N3O3. The predicted molar refractivity (Wildman–Crippen MR) is 63.5 cm³/mol. The van der Waals surface area contributed by atoms with Gasteiger partial charge in [0.1, 0.15) is 18.1 Å². The Hall–Kier alpha value is -2.37. The molecule has 0 unspecified atom stereocenters. The SMILES string of the molecule is Cc1c(OCc2cn(C)nn2)cccc1C(=O)O. The molecule has 0 aliphatic carbocycles. The van der Waals surface area contributed by atoms with Gasteiger partial charge < -0.3 is 9.84 Å². The average molecular weight is 247 g/mol. The maximum atomic E-state index is 11.0. The molecular weight excluding hydrogens is 234 g/mol. The molecule has 6 heteroatoms. The van der Waals surface area contributed by atoms with Crippen molar-refractivity contribution >= 4 is 5.97 Å². The van der Waals surface area contributed by atoms with Crippen LogP contribution in [-0.2, 0) is 13.7 Å². The van der Waals surface area contributed by atoms with E-state index in [0.717, 1.165) is 0 Å². The summed E-state index contributed by atoms with van der Waals surface area (Å²) in [6.07, 6.45) is 1.75. The summed E-state index contributed by atoms with van der Waals surface area (Å²) in [7, 11) is 1.77. The molecule has 1 aromatic carbocycles. The number of benzene rings is 1. The van der Waals surface area contributed by atoms with Crippen LogP contribution in [0.25, 0.3) is 0 Å². The van der Waals surface area contributed by atoms with Crippen molar-refractivity contribution < 1.29 is 14.6 Å². The summed E-state index contributed by atoms with van der Waals surface area (Å²) in [5.41, 5.74) is 1.54. The van der Waals surface area contributed by atoms with Crippen LogP contribution in [0.4, 0.5) is 0 Å². The number of rotatable bonds is 4. The van der Waals surface area contributed by atoms with Gasteiger partial charge in [-0.25, -0.2) is 4.79 Å². The second-order valence-electron chi connectivity index (χ2n) is 3.91. The van der Waals surface area contributed by atoms with Crippen LogP contribution in [0, 0.1) is 6.92 Å². The monoisotopic (exact) mass is 247 g/mol. The average Bonchev–Trinajstić information content (AvgIpc) is 2.73. The summed E-state index contributed by atoms with van der Waals surface area (Å²) >= 11 is 0. The highest BCUT2D eigenvalue weighted by molar-refractivity contribution is 5.90. The van der Waals surface area contributed by atoms with Crippen LogP contribution in [0.5, 0.6) is 5.75 Å². The van der Waals surface area contributed by atoms with Gasteiger partial charge in [0.2, 0.25) is 0 Å². The Bertz CT molecular complexity index is 578. The fourth-order valence-electron chi connectivity index (χ4n) is 1.62. The van der Waals surface area contributed by atoms with Crippen LogP contribution in [-0.4, -0.2) is 26.1 Å². The van der Waals surface area contributed by atoms with Gasteiger partial charge in [-0.05, 0) is 19.1 Å². The van der Waals surface area contributed by atoms with Gasteiger partial charge in [0.05, 0.1) is 11.8 Å². The highest BCUT2D eigenvalue weighted by Crippen LogP contribution is 2.22. The van der Waals surface area contributed by atoms with E-state index in [1.807, 2.05) is 0 Å². The zero-order chi connectivity index (χ0) is 13.1. The maximum Gasteiger partial charge on any atom is 0.336 e. The molecule has 18 heavy (non-hydrogen) atoms. The molecule has 94 valence electrons. The lowest BCUT2D eigenvalue weighted by molar-refractivity contribution is 0.0695. The minimum Gasteiger partial charge on any atom is -0.487 e. The van der Waals surface area contributed by atoms with Crippen molar-refractivity contribution in [3.8, 4) is 5.75 Å². The molecule has 0 saturated heterocycles. The van der Waals surface area contributed by atoms with Gasteiger partial charge in [0.25, 0.3) is 0 Å². The number of carboxylic acids is 1. The van der Waals surface area contributed by atoms with E-state index in [1.165, 1.54) is 0 Å². The lowest BCUT2D eigenvalue weighted by atomic mass is 10.1. The summed E-state index contributed by atoms with van der Waals surface area (Å²) in [6, 6.07) is 4.94. The van der Waals surface area contributed by atoms with Crippen molar-refractivity contribution in [1.29, 1.82) is 0 Å². The summed E-state index contributed by atoms with van der Waals surface area (Å²) in [6.45, 7) is 1.98. The summed E-state index contributed by atoms with van der Waals surface area (Å²) in [5.74, 6) is -0.419. The molecule has 2 aromatic rings. The largest absolute Gasteiger partial charge is 0.487 e. The Balaban J connectivity index is 2.14. The fourth-order valence-corrected chi connectivity index (χ4v) is 1.62. The molecule has 0 aliphatic rings. The molecule has 0 fully saturated rings. The number of hydrogen-bond acceptors (Lipinski definition) is 4. The number of carboxylic acid groups (broad SMARTS) is 1. The molecule has 0 aliphatic heterocycles. The van der Waals surface area contributed by atoms with Crippen LogP contribution in [0.1, 0.15) is 21.6 Å². The molecule has 0 spiro atoms. The molecule has 0 atom stereocenters. The third-order valence-electron chi connectivity index (χ3n) is 2.54. The van der Waals surface area contributed by atoms with Crippen LogP contribution in [0.3, 0.4) is 0 Å². The Kier molecular flexibility index (Phi) is 3.27. The first-order chi connectivity index (χ1) is 8.58. The topological polar surface area (TPSA) is 77.2 Å². The quantitative estimate of drug-likeness (QED) is 0.883. The van der Waals surface area contributed by atoms with Crippen LogP contribution in [0.2, 0.25) is 0 Å². The van der Waals surface area contributed by atoms with Crippen LogP contribution in [0.15, 0.2) is 24.4 Å². The van der Waals surface area contributed by atoms with E-state index in [0.29, 0.717) is 17.0 Å². The summed E-state index contributed by atoms with van der Waals surface area (Å²) in [5, 5.41) is 16.7. The van der Waals surface area contributed by atoms with Crippen molar-refractivity contribution in [1.82, 2.24) is 15.0 Å². The standard InChI is InChI=1S/C12H13N3O3/c1-8-10(12(16)17)4-3-5-11(8)18-7-9-6-15(2)14-13-9/h3-6H,7H2,1-2H3,(H,16,17). The van der Waals surface area contributed by atoms with Crippen molar-refractivity contribution in [2.75, 3.05) is 0 Å². The third kappa shape index (κ3) is 2.48. The lowest BCUT2D eigenvalue weighted by Crippen LogP contribution is -2.03. The second kappa shape index (κ2) is 4.87. The first kappa shape index (κ1) is 12.1. The smallest absolute Gasteiger partial charge is 0.336 e. The van der Waals surface area contributed by atoms with Gasteiger partial charge in [-0.1, -0.05) is 11.3 Å². The number of aromatic carboxylic acids is 1.